The summed E-state index contributed by atoms with van der Waals surface area (Å²) in [4.78, 5) is 0. The Morgan fingerprint density at radius 2 is 1.21 bits per heavy atom. The van der Waals surface area contributed by atoms with Crippen molar-refractivity contribution in [2.75, 3.05) is 12.0 Å². The minimum atomic E-state index is 0.833. The van der Waals surface area contributed by atoms with Gasteiger partial charge in [-0.1, -0.05) is 190 Å². The van der Waals surface area contributed by atoms with Gasteiger partial charge in [0.2, 0.25) is 0 Å². The molecule has 0 spiro atoms. The Kier molecular flexibility index (Phi) is 50.4. The molecule has 0 nitrogen and oxygen atoms in total. The molecular weight excluding hydrogens is 657 g/mol. The summed E-state index contributed by atoms with van der Waals surface area (Å²) in [6, 6.07) is 18.9. The molecule has 3 atom stereocenters. The summed E-state index contributed by atoms with van der Waals surface area (Å²) in [6.07, 6.45) is 39.1. The van der Waals surface area contributed by atoms with Crippen LogP contribution in [0.4, 0.5) is 0 Å². The summed E-state index contributed by atoms with van der Waals surface area (Å²) >= 11 is 1.90. The SMILES string of the molecule is C#CCC.C=CCC.CC.CC1C=C1.CC1C=CC1.CC1C=CCC1.CC1C=CCCC1.CCCSC.CCc1ccccc1.Cc1cccc(C)c1. The van der Waals surface area contributed by atoms with Crippen molar-refractivity contribution in [2.24, 2.45) is 23.7 Å². The molecule has 0 aliphatic heterocycles. The molecule has 0 radical (unpaired) electrons. The second kappa shape index (κ2) is 47.1. The molecule has 0 saturated carbocycles. The first-order chi connectivity index (χ1) is 25.5. The number of thioether (sulfide) groups is 1. The summed E-state index contributed by atoms with van der Waals surface area (Å²) < 4.78 is 0. The van der Waals surface area contributed by atoms with Crippen LogP contribution in [0.25, 0.3) is 0 Å². The maximum atomic E-state index is 4.78. The minimum Gasteiger partial charge on any atom is -0.165 e. The fourth-order valence-corrected chi connectivity index (χ4v) is 4.42. The molecule has 300 valence electrons. The molecule has 2 aromatic carbocycles. The quantitative estimate of drug-likeness (QED) is 0.222. The maximum absolute atomic E-state index is 4.78. The highest BCUT2D eigenvalue weighted by Gasteiger charge is 2.00. The van der Waals surface area contributed by atoms with E-state index in [1.54, 1.807) is 0 Å². The van der Waals surface area contributed by atoms with E-state index in [-0.39, 0.29) is 0 Å². The van der Waals surface area contributed by atoms with Crippen LogP contribution in [0.1, 0.15) is 144 Å². The normalized spacial score (nSPS) is 17.0. The topological polar surface area (TPSA) is 0 Å². The van der Waals surface area contributed by atoms with Crippen molar-refractivity contribution in [1.29, 1.82) is 0 Å². The van der Waals surface area contributed by atoms with Crippen molar-refractivity contribution < 1.29 is 0 Å². The molecule has 0 saturated heterocycles. The van der Waals surface area contributed by atoms with Crippen LogP contribution in [0.2, 0.25) is 0 Å². The zero-order chi connectivity index (χ0) is 41.0. The van der Waals surface area contributed by atoms with E-state index in [0.29, 0.717) is 0 Å². The third-order valence-corrected chi connectivity index (χ3v) is 8.44. The van der Waals surface area contributed by atoms with Crippen LogP contribution >= 0.6 is 11.8 Å². The lowest BCUT2D eigenvalue weighted by Crippen LogP contribution is -1.93. The largest absolute Gasteiger partial charge is 0.165 e. The predicted molar refractivity (Wildman–Crippen MR) is 252 cm³/mol. The zero-order valence-corrected chi connectivity index (χ0v) is 38.0. The number of allylic oxidation sites excluding steroid dienone is 9. The van der Waals surface area contributed by atoms with Gasteiger partial charge in [0.25, 0.3) is 0 Å². The van der Waals surface area contributed by atoms with Gasteiger partial charge < -0.3 is 0 Å². The predicted octanol–water partition coefficient (Wildman–Crippen LogP) is 17.1. The number of rotatable bonds is 4. The highest BCUT2D eigenvalue weighted by Crippen LogP contribution is 2.15. The third-order valence-electron chi connectivity index (χ3n) is 7.62. The van der Waals surface area contributed by atoms with Gasteiger partial charge in [0.05, 0.1) is 0 Å². The second-order valence-corrected chi connectivity index (χ2v) is 14.4. The lowest BCUT2D eigenvalue weighted by atomic mass is 9.98. The molecule has 53 heavy (non-hydrogen) atoms. The monoisotopic (exact) mass is 743 g/mol. The molecule has 4 aliphatic carbocycles. The molecule has 0 bridgehead atoms. The van der Waals surface area contributed by atoms with Crippen molar-refractivity contribution in [3.05, 3.63) is 133 Å². The van der Waals surface area contributed by atoms with Crippen LogP contribution in [0.5, 0.6) is 0 Å². The summed E-state index contributed by atoms with van der Waals surface area (Å²) in [6.45, 7) is 29.0. The van der Waals surface area contributed by atoms with E-state index in [4.69, 9.17) is 6.42 Å². The first-order valence-corrected chi connectivity index (χ1v) is 22.2. The summed E-state index contributed by atoms with van der Waals surface area (Å²) in [5.74, 6) is 7.17. The standard InChI is InChI=1S/2C8H10.C7H12.C6H10.C5H8.C4H10S.C4H6.C4H8.C4H6.C2H6/c1-7-4-3-5-8(2)6-7;1-2-8-6-4-3-5-7-8;1-7-5-3-2-4-6-7;1-6-4-2-3-5-6;1-5-3-2-4-5;1-3-4-5-2;1-4-2-3-4;2*1-3-4-2;1-2/h3-6H,1-2H3;3-7H,2H2,1H3;3,5,7H,2,4,6H2,1H3;2,4,6H,3,5H2,1H3;2-3,5H,4H2,1H3;3-4H2,1-2H3;2-4H,1H3;3H,1,4H2,2H3;1H,4H2,2H3;1-2H3. The van der Waals surface area contributed by atoms with Gasteiger partial charge in [-0.25, -0.2) is 0 Å². The molecule has 3 unspecified atom stereocenters. The maximum Gasteiger partial charge on any atom is 0.00576 e. The van der Waals surface area contributed by atoms with Gasteiger partial charge in [0.15, 0.2) is 0 Å². The van der Waals surface area contributed by atoms with E-state index in [1.165, 1.54) is 67.4 Å². The van der Waals surface area contributed by atoms with Crippen LogP contribution in [-0.4, -0.2) is 12.0 Å². The second-order valence-electron chi connectivity index (χ2n) is 13.4. The minimum absolute atomic E-state index is 0.833. The molecule has 0 N–H and O–H groups in total. The van der Waals surface area contributed by atoms with Gasteiger partial charge in [-0.3, -0.25) is 0 Å². The van der Waals surface area contributed by atoms with Crippen LogP contribution in [-0.2, 0) is 6.42 Å². The van der Waals surface area contributed by atoms with Crippen LogP contribution in [0, 0.1) is 49.9 Å². The van der Waals surface area contributed by atoms with Crippen molar-refractivity contribution in [3.8, 4) is 12.3 Å². The Morgan fingerprint density at radius 1 is 0.736 bits per heavy atom. The average molecular weight is 743 g/mol. The summed E-state index contributed by atoms with van der Waals surface area (Å²) in [7, 11) is 0. The first kappa shape index (κ1) is 56.8. The van der Waals surface area contributed by atoms with E-state index in [1.807, 2.05) is 44.7 Å². The molecule has 0 fully saturated rings. The van der Waals surface area contributed by atoms with Gasteiger partial charge >= 0.3 is 0 Å². The highest BCUT2D eigenvalue weighted by atomic mass is 32.2. The fraction of sp³-hybridized carbons (Fsp3) is 0.538. The zero-order valence-electron chi connectivity index (χ0n) is 37.2. The van der Waals surface area contributed by atoms with E-state index in [0.717, 1.165) is 42.9 Å². The van der Waals surface area contributed by atoms with Crippen molar-refractivity contribution in [2.45, 2.75) is 147 Å². The molecule has 0 aromatic heterocycles. The van der Waals surface area contributed by atoms with Crippen LogP contribution in [0.15, 0.2) is 116 Å². The van der Waals surface area contributed by atoms with Crippen molar-refractivity contribution >= 4 is 11.8 Å². The van der Waals surface area contributed by atoms with E-state index >= 15 is 0 Å². The Balaban J connectivity index is -0.000000256. The van der Waals surface area contributed by atoms with Crippen LogP contribution < -0.4 is 0 Å². The highest BCUT2D eigenvalue weighted by molar-refractivity contribution is 7.98. The Labute approximate surface area is 338 Å². The van der Waals surface area contributed by atoms with E-state index in [2.05, 4.69) is 178 Å². The summed E-state index contributed by atoms with van der Waals surface area (Å²) in [5, 5.41) is 0. The van der Waals surface area contributed by atoms with Crippen LogP contribution in [0.3, 0.4) is 0 Å². The molecule has 0 amide bonds. The Morgan fingerprint density at radius 3 is 1.36 bits per heavy atom. The first-order valence-electron chi connectivity index (χ1n) is 20.8. The number of hydrogen-bond acceptors (Lipinski definition) is 1. The lowest BCUT2D eigenvalue weighted by Gasteiger charge is -2.08. The molecule has 0 heterocycles. The molecule has 6 rings (SSSR count). The Bertz CT molecular complexity index is 1130. The lowest BCUT2D eigenvalue weighted by molar-refractivity contribution is 0.584. The van der Waals surface area contributed by atoms with E-state index in [9.17, 15) is 0 Å². The number of aryl methyl sites for hydroxylation is 3. The molecule has 2 aromatic rings. The summed E-state index contributed by atoms with van der Waals surface area (Å²) in [5.41, 5.74) is 4.09. The van der Waals surface area contributed by atoms with Crippen molar-refractivity contribution in [3.63, 3.8) is 0 Å². The number of terminal acetylenes is 1. The number of benzene rings is 2. The average Bonchev–Trinajstić information content (AvgIpc) is 3.82. The van der Waals surface area contributed by atoms with Gasteiger partial charge in [0, 0.05) is 6.42 Å². The van der Waals surface area contributed by atoms with Gasteiger partial charge in [-0.05, 0) is 113 Å². The molecular formula is C52H86S. The number of hydrogen-bond donors (Lipinski definition) is 0. The van der Waals surface area contributed by atoms with Crippen molar-refractivity contribution in [1.82, 2.24) is 0 Å². The van der Waals surface area contributed by atoms with Gasteiger partial charge in [0.1, 0.15) is 0 Å². The molecule has 4 aliphatic rings. The third kappa shape index (κ3) is 53.5. The molecule has 1 heteroatoms. The van der Waals surface area contributed by atoms with E-state index < -0.39 is 0 Å². The Hall–Kier alpha value is -2.95. The smallest absolute Gasteiger partial charge is 0.00576 e. The van der Waals surface area contributed by atoms with Gasteiger partial charge in [-0.15, -0.1) is 18.9 Å². The fourth-order valence-electron chi connectivity index (χ4n) is 4.01. The van der Waals surface area contributed by atoms with Gasteiger partial charge in [-0.2, -0.15) is 11.8 Å².